The fraction of sp³-hybridized carbons (Fsp3) is 0.0526. The van der Waals surface area contributed by atoms with E-state index in [0.717, 1.165) is 45.8 Å². The van der Waals surface area contributed by atoms with Crippen molar-refractivity contribution in [2.24, 2.45) is 0 Å². The molecule has 7 heteroatoms. The maximum absolute atomic E-state index is 14.1. The molecule has 4 nitrogen and oxygen atoms in total. The van der Waals surface area contributed by atoms with Crippen molar-refractivity contribution >= 4 is 5.69 Å². The number of hydrogen-bond donors (Lipinski definition) is 0. The van der Waals surface area contributed by atoms with Gasteiger partial charge in [-0.25, -0.2) is 0 Å². The summed E-state index contributed by atoms with van der Waals surface area (Å²) in [7, 11) is 0. The van der Waals surface area contributed by atoms with Gasteiger partial charge in [0.15, 0.2) is 0 Å². The molecule has 45 heavy (non-hydrogen) atoms. The van der Waals surface area contributed by atoms with Crippen molar-refractivity contribution < 1.29 is 29.8 Å². The normalized spacial score (nSPS) is 12.3. The molecule has 1 aliphatic carbocycles. The van der Waals surface area contributed by atoms with Crippen LogP contribution in [-0.2, 0) is 21.1 Å². The maximum atomic E-state index is 14.1. The van der Waals surface area contributed by atoms with Gasteiger partial charge in [-0.05, 0) is 45.8 Å². The van der Waals surface area contributed by atoms with Gasteiger partial charge in [-0.1, -0.05) is 72.8 Å². The fourth-order valence-electron chi connectivity index (χ4n) is 6.00. The van der Waals surface area contributed by atoms with Gasteiger partial charge in [0.05, 0.1) is 24.4 Å². The number of aromatic nitrogens is 2. The van der Waals surface area contributed by atoms with E-state index in [1.165, 1.54) is 12.1 Å². The molecule has 0 saturated carbocycles. The molecule has 1 atom stereocenters. The summed E-state index contributed by atoms with van der Waals surface area (Å²) in [4.78, 5) is 13.4. The molecular formula is C38H20F2N4Pt. The number of nitrogens with zero attached hydrogens (tertiary/aromatic N) is 4. The van der Waals surface area contributed by atoms with Gasteiger partial charge in [0, 0.05) is 28.7 Å². The van der Waals surface area contributed by atoms with E-state index in [0.29, 0.717) is 22.5 Å². The first-order valence-electron chi connectivity index (χ1n) is 13.9. The van der Waals surface area contributed by atoms with E-state index in [-0.39, 0.29) is 44.2 Å². The molecule has 0 amide bonds. The van der Waals surface area contributed by atoms with E-state index in [9.17, 15) is 14.0 Å². The average Bonchev–Trinajstić information content (AvgIpc) is 3.40. The quantitative estimate of drug-likeness (QED) is 0.165. The van der Waals surface area contributed by atoms with Gasteiger partial charge >= 0.3 is 21.1 Å². The minimum atomic E-state index is -0.635. The van der Waals surface area contributed by atoms with E-state index in [4.69, 9.17) is 16.5 Å². The smallest absolute Gasteiger partial charge is 0.301 e. The Labute approximate surface area is 273 Å². The van der Waals surface area contributed by atoms with Crippen LogP contribution in [0.1, 0.15) is 39.9 Å². The van der Waals surface area contributed by atoms with Gasteiger partial charge < -0.3 is 9.97 Å². The Balaban J connectivity index is 0.00000357. The standard InChI is InChI=1S/C38H20F2N4.Pt/c1-42-36-21-24(17-19-31(36)40)33-13-7-15-35(44-33)38(37-28-10-4-2-8-26(28)27-9-3-5-11-29(27)37)34-14-6-12-32(43-34)23-16-18-30(39)25(20-23)22-41;/h2-15,18-21,37-38H;/q-2;+2. The van der Waals surface area contributed by atoms with Crippen molar-refractivity contribution in [2.75, 3.05) is 0 Å². The molecule has 2 aromatic heterocycles. The molecule has 2 heterocycles. The van der Waals surface area contributed by atoms with Crippen molar-refractivity contribution in [3.05, 3.63) is 172 Å². The molecule has 6 aromatic rings. The van der Waals surface area contributed by atoms with Crippen molar-refractivity contribution in [3.63, 3.8) is 0 Å². The molecule has 7 rings (SSSR count). The molecule has 0 aliphatic heterocycles. The summed E-state index contributed by atoms with van der Waals surface area (Å²) in [5, 5.41) is 9.41. The monoisotopic (exact) mass is 765 g/mol. The van der Waals surface area contributed by atoms with Crippen molar-refractivity contribution in [3.8, 4) is 39.7 Å². The van der Waals surface area contributed by atoms with E-state index in [2.05, 4.69) is 41.2 Å². The van der Waals surface area contributed by atoms with Crippen molar-refractivity contribution in [1.82, 2.24) is 9.97 Å². The van der Waals surface area contributed by atoms with E-state index >= 15 is 0 Å². The molecule has 0 fully saturated rings. The number of halogens is 2. The second-order valence-corrected chi connectivity index (χ2v) is 10.4. The number of rotatable bonds is 5. The SMILES string of the molecule is [C-]#[N+]c1cc(-c2cccc(C(c3cccc(-c4[c-]cc(F)c(C#N)c4)n3)C3c4ccccc4-c4ccccc43)n2)[c-]cc1F.[Pt+2]. The molecular weight excluding hydrogens is 746 g/mol. The number of nitriles is 1. The average molecular weight is 766 g/mol. The van der Waals surface area contributed by atoms with Crippen LogP contribution in [0.25, 0.3) is 38.5 Å². The second-order valence-electron chi connectivity index (χ2n) is 10.4. The summed E-state index contributed by atoms with van der Waals surface area (Å²) in [6, 6.07) is 40.9. The Morgan fingerprint density at radius 3 is 1.82 bits per heavy atom. The third kappa shape index (κ3) is 5.35. The Bertz CT molecular complexity index is 2010. The molecule has 0 radical (unpaired) electrons. The molecule has 216 valence electrons. The molecule has 0 spiro atoms. The number of benzene rings is 4. The summed E-state index contributed by atoms with van der Waals surface area (Å²) in [5.41, 5.74) is 7.97. The third-order valence-corrected chi connectivity index (χ3v) is 7.97. The predicted molar refractivity (Wildman–Crippen MR) is 163 cm³/mol. The number of hydrogen-bond acceptors (Lipinski definition) is 3. The summed E-state index contributed by atoms with van der Waals surface area (Å²) in [6.45, 7) is 7.35. The zero-order valence-electron chi connectivity index (χ0n) is 23.4. The van der Waals surface area contributed by atoms with Crippen LogP contribution in [-0.4, -0.2) is 9.97 Å². The first-order valence-corrected chi connectivity index (χ1v) is 13.9. The van der Waals surface area contributed by atoms with E-state index in [1.54, 1.807) is 0 Å². The molecule has 1 aliphatic rings. The largest absolute Gasteiger partial charge is 2.00 e. The Morgan fingerprint density at radius 2 is 1.27 bits per heavy atom. The molecule has 0 bridgehead atoms. The summed E-state index contributed by atoms with van der Waals surface area (Å²) in [6.07, 6.45) is 0. The Hall–Kier alpha value is -5.29. The van der Waals surface area contributed by atoms with Crippen LogP contribution in [0.15, 0.2) is 109 Å². The summed E-state index contributed by atoms with van der Waals surface area (Å²) >= 11 is 0. The third-order valence-electron chi connectivity index (χ3n) is 7.97. The maximum Gasteiger partial charge on any atom is 2.00 e. The topological polar surface area (TPSA) is 53.9 Å². The van der Waals surface area contributed by atoms with Gasteiger partial charge in [0.2, 0.25) is 0 Å². The zero-order valence-corrected chi connectivity index (χ0v) is 25.7. The number of fused-ring (bicyclic) bond motifs is 3. The van der Waals surface area contributed by atoms with Crippen LogP contribution in [0, 0.1) is 41.7 Å². The fourth-order valence-corrected chi connectivity index (χ4v) is 6.00. The van der Waals surface area contributed by atoms with Gasteiger partial charge in [-0.3, -0.25) is 13.6 Å². The summed E-state index contributed by atoms with van der Waals surface area (Å²) < 4.78 is 28.3. The minimum Gasteiger partial charge on any atom is -0.301 e. The number of pyridine rings is 2. The molecule has 0 saturated heterocycles. The van der Waals surface area contributed by atoms with Crippen molar-refractivity contribution in [1.29, 1.82) is 5.26 Å². The van der Waals surface area contributed by atoms with Crippen LogP contribution < -0.4 is 0 Å². The van der Waals surface area contributed by atoms with Crippen LogP contribution >= 0.6 is 0 Å². The molecule has 1 unspecified atom stereocenters. The van der Waals surface area contributed by atoms with E-state index in [1.807, 2.05) is 66.7 Å². The van der Waals surface area contributed by atoms with Crippen LogP contribution in [0.2, 0.25) is 0 Å². The predicted octanol–water partition coefficient (Wildman–Crippen LogP) is 9.05. The van der Waals surface area contributed by atoms with Gasteiger partial charge in [-0.15, -0.1) is 47.5 Å². The van der Waals surface area contributed by atoms with Gasteiger partial charge in [0.1, 0.15) is 5.69 Å². The first-order chi connectivity index (χ1) is 21.6. The van der Waals surface area contributed by atoms with Crippen LogP contribution in [0.4, 0.5) is 14.5 Å². The van der Waals surface area contributed by atoms with E-state index < -0.39 is 11.6 Å². The second kappa shape index (κ2) is 12.4. The van der Waals surface area contributed by atoms with Crippen molar-refractivity contribution in [2.45, 2.75) is 11.8 Å². The van der Waals surface area contributed by atoms with Gasteiger partial charge in [-0.2, -0.15) is 5.26 Å². The van der Waals surface area contributed by atoms with Crippen LogP contribution in [0.5, 0.6) is 0 Å². The zero-order chi connectivity index (χ0) is 30.2. The summed E-state index contributed by atoms with van der Waals surface area (Å²) in [5.74, 6) is -1.77. The first kappa shape index (κ1) is 29.8. The minimum absolute atomic E-state index is 0. The van der Waals surface area contributed by atoms with Crippen LogP contribution in [0.3, 0.4) is 0 Å². The Morgan fingerprint density at radius 1 is 0.733 bits per heavy atom. The Kier molecular flexibility index (Phi) is 8.18. The van der Waals surface area contributed by atoms with Gasteiger partial charge in [0.25, 0.3) is 0 Å². The molecule has 4 aromatic carbocycles. The molecule has 0 N–H and O–H groups in total.